The number of aryl methyl sites for hydroxylation is 1. The monoisotopic (exact) mass is 426 g/mol. The Labute approximate surface area is 168 Å². The molecule has 0 saturated carbocycles. The Kier molecular flexibility index (Phi) is 5.57. The van der Waals surface area contributed by atoms with E-state index in [0.29, 0.717) is 12.0 Å². The van der Waals surface area contributed by atoms with Gasteiger partial charge in [0, 0.05) is 22.6 Å². The maximum absolute atomic E-state index is 13.4. The quantitative estimate of drug-likeness (QED) is 0.716. The molecular formula is C20H14ClF3O5. The molecule has 9 heteroatoms. The second-order valence-electron chi connectivity index (χ2n) is 6.41. The largest absolute Gasteiger partial charge is 0.481 e. The van der Waals surface area contributed by atoms with E-state index in [-0.39, 0.29) is 28.3 Å². The molecule has 0 amide bonds. The van der Waals surface area contributed by atoms with Crippen LogP contribution in [0.2, 0.25) is 5.02 Å². The first-order valence-corrected chi connectivity index (χ1v) is 8.77. The molecule has 2 N–H and O–H groups in total. The number of carbonyl (C=O) groups is 2. The third kappa shape index (κ3) is 4.54. The lowest BCUT2D eigenvalue weighted by Crippen LogP contribution is -2.40. The highest BCUT2D eigenvalue weighted by Gasteiger charge is 2.48. The molecule has 0 aromatic heterocycles. The topological polar surface area (TPSA) is 83.8 Å². The summed E-state index contributed by atoms with van der Waals surface area (Å²) in [7, 11) is 0. The van der Waals surface area contributed by atoms with Crippen molar-refractivity contribution in [1.29, 1.82) is 0 Å². The molecular weight excluding hydrogens is 413 g/mol. The molecule has 0 fully saturated rings. The molecule has 0 radical (unpaired) electrons. The van der Waals surface area contributed by atoms with Crippen LogP contribution < -0.4 is 4.74 Å². The van der Waals surface area contributed by atoms with Crippen LogP contribution in [-0.4, -0.2) is 34.4 Å². The summed E-state index contributed by atoms with van der Waals surface area (Å²) in [6.07, 6.45) is -6.36. The van der Waals surface area contributed by atoms with Crippen LogP contribution in [-0.2, 0) is 16.0 Å². The van der Waals surface area contributed by atoms with Crippen LogP contribution in [0.4, 0.5) is 13.2 Å². The van der Waals surface area contributed by atoms with Crippen molar-refractivity contribution in [1.82, 2.24) is 0 Å². The number of aliphatic carboxylic acids is 2. The number of halogens is 4. The molecule has 0 spiro atoms. The molecule has 1 atom stereocenters. The number of hydrogen-bond acceptors (Lipinski definition) is 3. The van der Waals surface area contributed by atoms with Crippen LogP contribution in [0, 0.1) is 0 Å². The number of benzene rings is 2. The Morgan fingerprint density at radius 1 is 1.10 bits per heavy atom. The van der Waals surface area contributed by atoms with E-state index in [2.05, 4.69) is 0 Å². The van der Waals surface area contributed by atoms with E-state index in [9.17, 15) is 22.8 Å². The SMILES string of the molecule is O=C(O)CCc1ccc(-c2cc(Cl)cc3c2OC(C(F)(F)F)C(C(=O)O)=C3)cc1. The van der Waals surface area contributed by atoms with E-state index < -0.39 is 29.8 Å². The predicted molar refractivity (Wildman–Crippen MR) is 98.9 cm³/mol. The highest BCUT2D eigenvalue weighted by molar-refractivity contribution is 6.31. The van der Waals surface area contributed by atoms with Gasteiger partial charge in [0.25, 0.3) is 0 Å². The lowest BCUT2D eigenvalue weighted by Gasteiger charge is -2.28. The summed E-state index contributed by atoms with van der Waals surface area (Å²) in [6, 6.07) is 9.32. The minimum atomic E-state index is -4.92. The van der Waals surface area contributed by atoms with E-state index in [1.165, 1.54) is 12.1 Å². The molecule has 1 aliphatic heterocycles. The summed E-state index contributed by atoms with van der Waals surface area (Å²) in [5.41, 5.74) is 0.708. The molecule has 0 saturated heterocycles. The van der Waals surface area contributed by atoms with Gasteiger partial charge in [-0.1, -0.05) is 35.9 Å². The van der Waals surface area contributed by atoms with E-state index in [1.807, 2.05) is 0 Å². The number of carboxylic acids is 2. The highest BCUT2D eigenvalue weighted by atomic mass is 35.5. The van der Waals surface area contributed by atoms with E-state index in [1.54, 1.807) is 24.3 Å². The van der Waals surface area contributed by atoms with Crippen molar-refractivity contribution in [3.63, 3.8) is 0 Å². The van der Waals surface area contributed by atoms with E-state index in [4.69, 9.17) is 26.6 Å². The predicted octanol–water partition coefficient (Wildman–Crippen LogP) is 4.82. The highest BCUT2D eigenvalue weighted by Crippen LogP contribution is 2.44. The van der Waals surface area contributed by atoms with Crippen LogP contribution in [0.15, 0.2) is 42.0 Å². The minimum Gasteiger partial charge on any atom is -0.481 e. The van der Waals surface area contributed by atoms with Gasteiger partial charge in [0.15, 0.2) is 0 Å². The van der Waals surface area contributed by atoms with Crippen molar-refractivity contribution in [2.75, 3.05) is 0 Å². The van der Waals surface area contributed by atoms with Gasteiger partial charge in [-0.25, -0.2) is 4.79 Å². The number of hydrogen-bond donors (Lipinski definition) is 2. The molecule has 1 aliphatic rings. The first-order chi connectivity index (χ1) is 13.6. The van der Waals surface area contributed by atoms with Crippen molar-refractivity contribution >= 4 is 29.6 Å². The van der Waals surface area contributed by atoms with Gasteiger partial charge in [-0.2, -0.15) is 13.2 Å². The average Bonchev–Trinajstić information content (AvgIpc) is 2.64. The fourth-order valence-corrected chi connectivity index (χ4v) is 3.24. The number of fused-ring (bicyclic) bond motifs is 1. The molecule has 1 heterocycles. The Hall–Kier alpha value is -3.00. The summed E-state index contributed by atoms with van der Waals surface area (Å²) in [6.45, 7) is 0. The van der Waals surface area contributed by atoms with E-state index >= 15 is 0 Å². The second-order valence-corrected chi connectivity index (χ2v) is 6.84. The second kappa shape index (κ2) is 7.79. The van der Waals surface area contributed by atoms with Gasteiger partial charge < -0.3 is 14.9 Å². The summed E-state index contributed by atoms with van der Waals surface area (Å²) in [4.78, 5) is 22.0. The number of alkyl halides is 3. The maximum atomic E-state index is 13.4. The minimum absolute atomic E-state index is 0.0506. The molecule has 0 aliphatic carbocycles. The normalized spacial score (nSPS) is 15.9. The van der Waals surface area contributed by atoms with Crippen molar-refractivity contribution in [3.8, 4) is 16.9 Å². The fourth-order valence-electron chi connectivity index (χ4n) is 3.01. The van der Waals surface area contributed by atoms with E-state index in [0.717, 1.165) is 11.6 Å². The average molecular weight is 427 g/mol. The summed E-state index contributed by atoms with van der Waals surface area (Å²) in [5.74, 6) is -2.80. The Balaban J connectivity index is 2.05. The number of rotatable bonds is 5. The Morgan fingerprint density at radius 2 is 1.76 bits per heavy atom. The summed E-state index contributed by atoms with van der Waals surface area (Å²) >= 11 is 6.08. The van der Waals surface area contributed by atoms with Crippen LogP contribution in [0.5, 0.6) is 5.75 Å². The van der Waals surface area contributed by atoms with Gasteiger partial charge in [-0.3, -0.25) is 4.79 Å². The first kappa shape index (κ1) is 20.7. The van der Waals surface area contributed by atoms with Crippen molar-refractivity contribution in [2.24, 2.45) is 0 Å². The first-order valence-electron chi connectivity index (χ1n) is 8.39. The van der Waals surface area contributed by atoms with Crippen molar-refractivity contribution in [3.05, 3.63) is 58.1 Å². The number of carboxylic acid groups (broad SMARTS) is 2. The van der Waals surface area contributed by atoms with Gasteiger partial charge in [-0.05, 0) is 35.8 Å². The maximum Gasteiger partial charge on any atom is 0.430 e. The van der Waals surface area contributed by atoms with Crippen molar-refractivity contribution in [2.45, 2.75) is 25.1 Å². The summed E-state index contributed by atoms with van der Waals surface area (Å²) < 4.78 is 45.2. The van der Waals surface area contributed by atoms with Gasteiger partial charge in [-0.15, -0.1) is 0 Å². The van der Waals surface area contributed by atoms with Gasteiger partial charge in [0.1, 0.15) is 5.75 Å². The van der Waals surface area contributed by atoms with Gasteiger partial charge in [0.05, 0.1) is 5.57 Å². The van der Waals surface area contributed by atoms with Crippen LogP contribution in [0.3, 0.4) is 0 Å². The fraction of sp³-hybridized carbons (Fsp3) is 0.200. The van der Waals surface area contributed by atoms with Crippen LogP contribution >= 0.6 is 11.6 Å². The zero-order chi connectivity index (χ0) is 21.3. The zero-order valence-electron chi connectivity index (χ0n) is 14.7. The van der Waals surface area contributed by atoms with Crippen molar-refractivity contribution < 1.29 is 37.7 Å². The molecule has 2 aromatic carbocycles. The molecule has 152 valence electrons. The van der Waals surface area contributed by atoms with Gasteiger partial charge >= 0.3 is 18.1 Å². The molecule has 5 nitrogen and oxygen atoms in total. The van der Waals surface area contributed by atoms with Crippen LogP contribution in [0.25, 0.3) is 17.2 Å². The molecule has 29 heavy (non-hydrogen) atoms. The van der Waals surface area contributed by atoms with Crippen LogP contribution in [0.1, 0.15) is 17.5 Å². The lowest BCUT2D eigenvalue weighted by atomic mass is 9.95. The molecule has 0 bridgehead atoms. The Morgan fingerprint density at radius 3 is 2.31 bits per heavy atom. The third-order valence-corrected chi connectivity index (χ3v) is 4.57. The van der Waals surface area contributed by atoms with Gasteiger partial charge in [0.2, 0.25) is 6.10 Å². The smallest absolute Gasteiger partial charge is 0.430 e. The lowest BCUT2D eigenvalue weighted by molar-refractivity contribution is -0.187. The zero-order valence-corrected chi connectivity index (χ0v) is 15.4. The standard InChI is InChI=1S/C20H14ClF3O5/c21-13-7-12-8-15(19(27)28)18(20(22,23)24)29-17(12)14(9-13)11-4-1-10(2-5-11)3-6-16(25)26/h1-2,4-5,7-9,18H,3,6H2,(H,25,26)(H,27,28). The third-order valence-electron chi connectivity index (χ3n) is 4.35. The molecule has 2 aromatic rings. The summed E-state index contributed by atoms with van der Waals surface area (Å²) in [5, 5.41) is 18.1. The molecule has 1 unspecified atom stereocenters. The Bertz CT molecular complexity index is 996. The molecule has 3 rings (SSSR count). The number of ether oxygens (including phenoxy) is 1.